The van der Waals surface area contributed by atoms with Gasteiger partial charge in [0.2, 0.25) is 0 Å². The summed E-state index contributed by atoms with van der Waals surface area (Å²) in [7, 11) is 0. The van der Waals surface area contributed by atoms with Crippen molar-refractivity contribution in [1.29, 1.82) is 0 Å². The highest BCUT2D eigenvalue weighted by Gasteiger charge is 2.52. The van der Waals surface area contributed by atoms with E-state index in [1.165, 1.54) is 0 Å². The summed E-state index contributed by atoms with van der Waals surface area (Å²) in [5.41, 5.74) is 7.14. The molecule has 1 saturated carbocycles. The molecule has 0 heterocycles. The molecule has 2 nitrogen and oxygen atoms in total. The van der Waals surface area contributed by atoms with E-state index in [4.69, 9.17) is 5.73 Å². The molecule has 1 fully saturated rings. The Kier molecular flexibility index (Phi) is 2.36. The second kappa shape index (κ2) is 3.22. The number of hydrogen-bond donors (Lipinski definition) is 2. The van der Waals surface area contributed by atoms with Crippen molar-refractivity contribution in [3.05, 3.63) is 28.2 Å². The van der Waals surface area contributed by atoms with Crippen LogP contribution in [-0.4, -0.2) is 10.6 Å². The van der Waals surface area contributed by atoms with Crippen molar-refractivity contribution in [3.8, 4) is 5.75 Å². The number of phenols is 1. The molecule has 0 aliphatic heterocycles. The van der Waals surface area contributed by atoms with Gasteiger partial charge in [-0.15, -0.1) is 0 Å². The second-order valence-corrected chi connectivity index (χ2v) is 5.71. The normalized spacial score (nSPS) is 18.9. The van der Waals surface area contributed by atoms with E-state index in [9.17, 15) is 5.11 Å². The summed E-state index contributed by atoms with van der Waals surface area (Å²) >= 11 is 3.43. The van der Waals surface area contributed by atoms with E-state index < -0.39 is 0 Å². The Bertz CT molecular complexity index is 397. The number of halogens is 1. The number of benzene rings is 1. The van der Waals surface area contributed by atoms with Crippen LogP contribution in [0, 0.1) is 0 Å². The standard InChI is InChI=1S/C12H16BrNO/c1-11(2,12(14)6-7-12)8-4-3-5-9(15)10(8)13/h3-5,15H,6-7,14H2,1-2H3. The van der Waals surface area contributed by atoms with Gasteiger partial charge in [0.05, 0.1) is 4.47 Å². The van der Waals surface area contributed by atoms with Crippen LogP contribution in [0.4, 0.5) is 0 Å². The topological polar surface area (TPSA) is 46.2 Å². The lowest BCUT2D eigenvalue weighted by molar-refractivity contribution is 0.385. The molecule has 0 radical (unpaired) electrons. The zero-order chi connectivity index (χ0) is 11.3. The smallest absolute Gasteiger partial charge is 0.130 e. The summed E-state index contributed by atoms with van der Waals surface area (Å²) in [5.74, 6) is 0.282. The molecule has 0 bridgehead atoms. The molecule has 1 aliphatic rings. The SMILES string of the molecule is CC(C)(c1cccc(O)c1Br)C1(N)CC1. The van der Waals surface area contributed by atoms with Gasteiger partial charge >= 0.3 is 0 Å². The third-order valence-corrected chi connectivity index (χ3v) is 4.52. The van der Waals surface area contributed by atoms with Crippen LogP contribution >= 0.6 is 15.9 Å². The molecule has 0 atom stereocenters. The predicted octanol–water partition coefficient (Wildman–Crippen LogP) is 2.92. The first kappa shape index (κ1) is 11.0. The van der Waals surface area contributed by atoms with Gasteiger partial charge in [-0.25, -0.2) is 0 Å². The summed E-state index contributed by atoms with van der Waals surface area (Å²) < 4.78 is 0.770. The van der Waals surface area contributed by atoms with E-state index in [1.807, 2.05) is 12.1 Å². The fourth-order valence-corrected chi connectivity index (χ4v) is 2.79. The molecule has 3 heteroatoms. The first-order valence-electron chi connectivity index (χ1n) is 5.15. The maximum atomic E-state index is 9.66. The average molecular weight is 270 g/mol. The van der Waals surface area contributed by atoms with Crippen LogP contribution in [0.25, 0.3) is 0 Å². The number of hydrogen-bond acceptors (Lipinski definition) is 2. The van der Waals surface area contributed by atoms with Gasteiger partial charge < -0.3 is 10.8 Å². The Hall–Kier alpha value is -0.540. The van der Waals surface area contributed by atoms with Crippen molar-refractivity contribution < 1.29 is 5.11 Å². The van der Waals surface area contributed by atoms with Crippen LogP contribution in [-0.2, 0) is 5.41 Å². The molecule has 1 aliphatic carbocycles. The molecule has 2 rings (SSSR count). The van der Waals surface area contributed by atoms with Crippen LogP contribution in [0.15, 0.2) is 22.7 Å². The maximum absolute atomic E-state index is 9.66. The summed E-state index contributed by atoms with van der Waals surface area (Å²) in [6.45, 7) is 4.28. The Morgan fingerprint density at radius 2 is 2.00 bits per heavy atom. The first-order chi connectivity index (χ1) is 6.88. The van der Waals surface area contributed by atoms with Crippen LogP contribution in [0.2, 0.25) is 0 Å². The highest BCUT2D eigenvalue weighted by Crippen LogP contribution is 2.51. The quantitative estimate of drug-likeness (QED) is 0.868. The van der Waals surface area contributed by atoms with Gasteiger partial charge in [0.15, 0.2) is 0 Å². The van der Waals surface area contributed by atoms with Crippen molar-refractivity contribution in [2.45, 2.75) is 37.6 Å². The van der Waals surface area contributed by atoms with E-state index in [0.29, 0.717) is 0 Å². The minimum absolute atomic E-state index is 0.107. The summed E-state index contributed by atoms with van der Waals surface area (Å²) in [4.78, 5) is 0. The van der Waals surface area contributed by atoms with Crippen molar-refractivity contribution in [2.24, 2.45) is 5.73 Å². The van der Waals surface area contributed by atoms with Crippen molar-refractivity contribution in [1.82, 2.24) is 0 Å². The molecule has 0 amide bonds. The van der Waals surface area contributed by atoms with Crippen molar-refractivity contribution in [3.63, 3.8) is 0 Å². The zero-order valence-corrected chi connectivity index (χ0v) is 10.6. The van der Waals surface area contributed by atoms with E-state index in [-0.39, 0.29) is 16.7 Å². The van der Waals surface area contributed by atoms with E-state index >= 15 is 0 Å². The fraction of sp³-hybridized carbons (Fsp3) is 0.500. The molecule has 1 aromatic rings. The van der Waals surface area contributed by atoms with Crippen LogP contribution < -0.4 is 5.73 Å². The first-order valence-corrected chi connectivity index (χ1v) is 5.95. The van der Waals surface area contributed by atoms with Crippen LogP contribution in [0.3, 0.4) is 0 Å². The van der Waals surface area contributed by atoms with E-state index in [2.05, 4.69) is 29.8 Å². The Labute approximate surface area is 98.6 Å². The number of nitrogens with two attached hydrogens (primary N) is 1. The maximum Gasteiger partial charge on any atom is 0.130 e. The van der Waals surface area contributed by atoms with Gasteiger partial charge in [0.25, 0.3) is 0 Å². The monoisotopic (exact) mass is 269 g/mol. The molecular weight excluding hydrogens is 254 g/mol. The van der Waals surface area contributed by atoms with E-state index in [1.54, 1.807) is 6.07 Å². The number of aromatic hydroxyl groups is 1. The Morgan fingerprint density at radius 1 is 1.40 bits per heavy atom. The second-order valence-electron chi connectivity index (χ2n) is 4.92. The van der Waals surface area contributed by atoms with Gasteiger partial charge in [-0.3, -0.25) is 0 Å². The summed E-state index contributed by atoms with van der Waals surface area (Å²) in [5, 5.41) is 9.66. The summed E-state index contributed by atoms with van der Waals surface area (Å²) in [6, 6.07) is 5.57. The lowest BCUT2D eigenvalue weighted by Gasteiger charge is -2.33. The lowest BCUT2D eigenvalue weighted by Crippen LogP contribution is -2.43. The van der Waals surface area contributed by atoms with Gasteiger partial charge in [-0.2, -0.15) is 0 Å². The molecule has 82 valence electrons. The number of phenolic OH excluding ortho intramolecular Hbond substituents is 1. The van der Waals surface area contributed by atoms with Crippen molar-refractivity contribution in [2.75, 3.05) is 0 Å². The average Bonchev–Trinajstić information content (AvgIpc) is 2.90. The van der Waals surface area contributed by atoms with Crippen LogP contribution in [0.5, 0.6) is 5.75 Å². The van der Waals surface area contributed by atoms with Gasteiger partial charge in [0, 0.05) is 11.0 Å². The molecule has 1 aromatic carbocycles. The molecule has 0 saturated heterocycles. The lowest BCUT2D eigenvalue weighted by atomic mass is 9.76. The zero-order valence-electron chi connectivity index (χ0n) is 9.05. The van der Waals surface area contributed by atoms with Crippen molar-refractivity contribution >= 4 is 15.9 Å². The molecule has 0 spiro atoms. The Morgan fingerprint density at radius 3 is 2.53 bits per heavy atom. The van der Waals surface area contributed by atoms with Crippen LogP contribution in [0.1, 0.15) is 32.3 Å². The Balaban J connectivity index is 2.49. The molecule has 0 unspecified atom stereocenters. The highest BCUT2D eigenvalue weighted by atomic mass is 79.9. The molecular formula is C12H16BrNO. The third-order valence-electron chi connectivity index (χ3n) is 3.69. The largest absolute Gasteiger partial charge is 0.507 e. The molecule has 3 N–H and O–H groups in total. The number of rotatable bonds is 2. The van der Waals surface area contributed by atoms with Gasteiger partial charge in [-0.1, -0.05) is 26.0 Å². The third kappa shape index (κ3) is 1.58. The van der Waals surface area contributed by atoms with E-state index in [0.717, 1.165) is 22.9 Å². The minimum atomic E-state index is -0.108. The summed E-state index contributed by atoms with van der Waals surface area (Å²) in [6.07, 6.45) is 2.12. The predicted molar refractivity (Wildman–Crippen MR) is 65.0 cm³/mol. The van der Waals surface area contributed by atoms with Gasteiger partial charge in [0.1, 0.15) is 5.75 Å². The molecule has 0 aromatic heterocycles. The van der Waals surface area contributed by atoms with Gasteiger partial charge in [-0.05, 0) is 40.4 Å². The fourth-order valence-electron chi connectivity index (χ4n) is 2.03. The highest BCUT2D eigenvalue weighted by molar-refractivity contribution is 9.10. The minimum Gasteiger partial charge on any atom is -0.507 e. The molecule has 15 heavy (non-hydrogen) atoms.